The molecule has 0 unspecified atom stereocenters. The third kappa shape index (κ3) is 5.75. The van der Waals surface area contributed by atoms with Gasteiger partial charge in [-0.1, -0.05) is 30.3 Å². The van der Waals surface area contributed by atoms with Crippen LogP contribution in [0.15, 0.2) is 42.7 Å². The molecule has 2 rings (SSSR count). The van der Waals surface area contributed by atoms with E-state index in [1.165, 1.54) is 10.5 Å². The number of hydrogen-bond acceptors (Lipinski definition) is 3. The molecule has 0 atom stereocenters. The molecular formula is C17H24N4O2. The van der Waals surface area contributed by atoms with E-state index in [-0.39, 0.29) is 12.6 Å². The Balaban J connectivity index is 1.84. The molecule has 0 saturated heterocycles. The van der Waals surface area contributed by atoms with Gasteiger partial charge in [0.25, 0.3) is 0 Å². The zero-order valence-electron chi connectivity index (χ0n) is 13.9. The Kier molecular flexibility index (Phi) is 5.39. The maximum Gasteiger partial charge on any atom is 0.317 e. The first-order valence-electron chi connectivity index (χ1n) is 7.60. The summed E-state index contributed by atoms with van der Waals surface area (Å²) >= 11 is 0. The Morgan fingerprint density at radius 3 is 2.65 bits per heavy atom. The van der Waals surface area contributed by atoms with Crippen LogP contribution in [-0.2, 0) is 13.1 Å². The van der Waals surface area contributed by atoms with Crippen molar-refractivity contribution >= 4 is 6.03 Å². The molecule has 124 valence electrons. The number of nitrogens with one attached hydrogen (secondary N) is 1. The zero-order valence-corrected chi connectivity index (χ0v) is 13.9. The average Bonchev–Trinajstić information content (AvgIpc) is 2.91. The van der Waals surface area contributed by atoms with Crippen molar-refractivity contribution in [3.05, 3.63) is 53.9 Å². The van der Waals surface area contributed by atoms with Crippen molar-refractivity contribution in [2.75, 3.05) is 13.6 Å². The standard InChI is InChI=1S/C17H24N4O2/c1-17(2,23)13-20(3)16(22)18-9-15-10-19-21(12-15)11-14-7-5-4-6-8-14/h4-8,10,12,23H,9,11,13H2,1-3H3,(H,18,22). The highest BCUT2D eigenvalue weighted by atomic mass is 16.3. The molecule has 2 N–H and O–H groups in total. The van der Waals surface area contributed by atoms with Crippen LogP contribution in [0, 0.1) is 0 Å². The Morgan fingerprint density at radius 2 is 2.00 bits per heavy atom. The molecule has 0 radical (unpaired) electrons. The Labute approximate surface area is 136 Å². The van der Waals surface area contributed by atoms with Crippen molar-refractivity contribution < 1.29 is 9.90 Å². The second-order valence-electron chi connectivity index (χ2n) is 6.36. The first-order chi connectivity index (χ1) is 10.8. The fourth-order valence-corrected chi connectivity index (χ4v) is 2.32. The number of hydrogen-bond donors (Lipinski definition) is 2. The number of likely N-dealkylation sites (N-methyl/N-ethyl adjacent to an activating group) is 1. The highest BCUT2D eigenvalue weighted by Crippen LogP contribution is 2.05. The summed E-state index contributed by atoms with van der Waals surface area (Å²) in [5.41, 5.74) is 1.20. The van der Waals surface area contributed by atoms with Crippen LogP contribution in [0.5, 0.6) is 0 Å². The fraction of sp³-hybridized carbons (Fsp3) is 0.412. The Hall–Kier alpha value is -2.34. The van der Waals surface area contributed by atoms with Crippen molar-refractivity contribution in [2.45, 2.75) is 32.5 Å². The number of aliphatic hydroxyl groups is 1. The van der Waals surface area contributed by atoms with Gasteiger partial charge < -0.3 is 15.3 Å². The number of urea groups is 1. The lowest BCUT2D eigenvalue weighted by atomic mass is 10.1. The number of nitrogens with zero attached hydrogens (tertiary/aromatic N) is 3. The summed E-state index contributed by atoms with van der Waals surface area (Å²) in [6.07, 6.45) is 3.67. The minimum absolute atomic E-state index is 0.220. The van der Waals surface area contributed by atoms with Crippen molar-refractivity contribution in [1.82, 2.24) is 20.0 Å². The molecule has 6 nitrogen and oxygen atoms in total. The van der Waals surface area contributed by atoms with Crippen molar-refractivity contribution in [3.8, 4) is 0 Å². The van der Waals surface area contributed by atoms with E-state index in [2.05, 4.69) is 22.5 Å². The van der Waals surface area contributed by atoms with Crippen LogP contribution >= 0.6 is 0 Å². The maximum atomic E-state index is 12.0. The largest absolute Gasteiger partial charge is 0.389 e. The predicted molar refractivity (Wildman–Crippen MR) is 88.9 cm³/mol. The van der Waals surface area contributed by atoms with Crippen LogP contribution in [0.4, 0.5) is 4.79 Å². The lowest BCUT2D eigenvalue weighted by molar-refractivity contribution is 0.0531. The smallest absolute Gasteiger partial charge is 0.317 e. The van der Waals surface area contributed by atoms with E-state index < -0.39 is 5.60 Å². The molecule has 1 aromatic carbocycles. The number of carbonyl (C=O) groups is 1. The molecule has 0 fully saturated rings. The summed E-state index contributed by atoms with van der Waals surface area (Å²) in [4.78, 5) is 13.4. The van der Waals surface area contributed by atoms with Gasteiger partial charge in [0.15, 0.2) is 0 Å². The van der Waals surface area contributed by atoms with E-state index in [0.717, 1.165) is 5.56 Å². The minimum Gasteiger partial charge on any atom is -0.389 e. The van der Waals surface area contributed by atoms with E-state index in [1.54, 1.807) is 27.1 Å². The molecule has 2 amide bonds. The van der Waals surface area contributed by atoms with Gasteiger partial charge in [0.05, 0.1) is 24.9 Å². The lowest BCUT2D eigenvalue weighted by Gasteiger charge is -2.25. The summed E-state index contributed by atoms with van der Waals surface area (Å²) in [5.74, 6) is 0. The molecule has 0 aliphatic heterocycles. The molecule has 0 bridgehead atoms. The highest BCUT2D eigenvalue weighted by molar-refractivity contribution is 5.73. The van der Waals surface area contributed by atoms with Gasteiger partial charge in [0.2, 0.25) is 0 Å². The van der Waals surface area contributed by atoms with Crippen LogP contribution in [-0.4, -0.2) is 45.0 Å². The number of aromatic nitrogens is 2. The first-order valence-corrected chi connectivity index (χ1v) is 7.60. The van der Waals surface area contributed by atoms with Gasteiger partial charge in [0, 0.05) is 25.4 Å². The average molecular weight is 316 g/mol. The Bertz CT molecular complexity index is 632. The molecule has 0 aliphatic rings. The van der Waals surface area contributed by atoms with Crippen LogP contribution < -0.4 is 5.32 Å². The van der Waals surface area contributed by atoms with Crippen LogP contribution in [0.1, 0.15) is 25.0 Å². The summed E-state index contributed by atoms with van der Waals surface area (Å²) in [6.45, 7) is 4.72. The molecule has 1 aromatic heterocycles. The molecule has 1 heterocycles. The van der Waals surface area contributed by atoms with E-state index in [1.807, 2.05) is 29.1 Å². The predicted octanol–water partition coefficient (Wildman–Crippen LogP) is 1.84. The summed E-state index contributed by atoms with van der Waals surface area (Å²) in [6, 6.07) is 9.86. The van der Waals surface area contributed by atoms with Gasteiger partial charge in [-0.25, -0.2) is 4.79 Å². The van der Waals surface area contributed by atoms with Crippen LogP contribution in [0.2, 0.25) is 0 Å². The second kappa shape index (κ2) is 7.28. The van der Waals surface area contributed by atoms with Gasteiger partial charge in [-0.3, -0.25) is 4.68 Å². The second-order valence-corrected chi connectivity index (χ2v) is 6.36. The highest BCUT2D eigenvalue weighted by Gasteiger charge is 2.19. The molecule has 0 aliphatic carbocycles. The molecule has 0 spiro atoms. The molecular weight excluding hydrogens is 292 g/mol. The third-order valence-electron chi connectivity index (χ3n) is 3.29. The monoisotopic (exact) mass is 316 g/mol. The van der Waals surface area contributed by atoms with Crippen LogP contribution in [0.25, 0.3) is 0 Å². The maximum absolute atomic E-state index is 12.0. The van der Waals surface area contributed by atoms with E-state index in [9.17, 15) is 9.90 Å². The summed E-state index contributed by atoms with van der Waals surface area (Å²) < 4.78 is 1.84. The summed E-state index contributed by atoms with van der Waals surface area (Å²) in [7, 11) is 1.66. The Morgan fingerprint density at radius 1 is 1.30 bits per heavy atom. The minimum atomic E-state index is -0.910. The topological polar surface area (TPSA) is 70.4 Å². The van der Waals surface area contributed by atoms with Gasteiger partial charge in [-0.15, -0.1) is 0 Å². The fourth-order valence-electron chi connectivity index (χ4n) is 2.32. The molecule has 6 heteroatoms. The third-order valence-corrected chi connectivity index (χ3v) is 3.29. The lowest BCUT2D eigenvalue weighted by Crippen LogP contribution is -2.44. The normalized spacial score (nSPS) is 11.3. The molecule has 23 heavy (non-hydrogen) atoms. The van der Waals surface area contributed by atoms with Crippen LogP contribution in [0.3, 0.4) is 0 Å². The number of carbonyl (C=O) groups excluding carboxylic acids is 1. The molecule has 0 saturated carbocycles. The van der Waals surface area contributed by atoms with E-state index >= 15 is 0 Å². The van der Waals surface area contributed by atoms with Crippen molar-refractivity contribution in [1.29, 1.82) is 0 Å². The number of amides is 2. The number of benzene rings is 1. The first kappa shape index (κ1) is 17.0. The van der Waals surface area contributed by atoms with Crippen molar-refractivity contribution in [3.63, 3.8) is 0 Å². The summed E-state index contributed by atoms with van der Waals surface area (Å²) in [5, 5.41) is 16.9. The SMILES string of the molecule is CN(CC(C)(C)O)C(=O)NCc1cnn(Cc2ccccc2)c1. The van der Waals surface area contributed by atoms with E-state index in [0.29, 0.717) is 13.1 Å². The van der Waals surface area contributed by atoms with Gasteiger partial charge in [0.1, 0.15) is 0 Å². The van der Waals surface area contributed by atoms with Gasteiger partial charge in [-0.2, -0.15) is 5.10 Å². The zero-order chi connectivity index (χ0) is 16.9. The number of rotatable bonds is 6. The van der Waals surface area contributed by atoms with Gasteiger partial charge >= 0.3 is 6.03 Å². The molecule has 2 aromatic rings. The van der Waals surface area contributed by atoms with E-state index in [4.69, 9.17) is 0 Å². The van der Waals surface area contributed by atoms with Gasteiger partial charge in [-0.05, 0) is 19.4 Å². The van der Waals surface area contributed by atoms with Crippen molar-refractivity contribution in [2.24, 2.45) is 0 Å². The quantitative estimate of drug-likeness (QED) is 0.854.